The molecular weight excluding hydrogens is 245 g/mol. The molecule has 1 aromatic carbocycles. The first-order chi connectivity index (χ1) is 9.08. The summed E-state index contributed by atoms with van der Waals surface area (Å²) in [6.07, 6.45) is 1.86. The minimum Gasteiger partial charge on any atom is -0.335 e. The Morgan fingerprint density at radius 3 is 2.89 bits per heavy atom. The highest BCUT2D eigenvalue weighted by Gasteiger charge is 2.26. The minimum absolute atomic E-state index is 0.00462. The SMILES string of the molecule is CC1CCCN(CC(=O)Cc2ccccc2F)C1=O. The van der Waals surface area contributed by atoms with Gasteiger partial charge < -0.3 is 4.90 Å². The number of hydrogen-bond donors (Lipinski definition) is 0. The molecule has 1 aliphatic rings. The fourth-order valence-corrected chi connectivity index (χ4v) is 2.41. The van der Waals surface area contributed by atoms with Crippen molar-refractivity contribution in [3.63, 3.8) is 0 Å². The number of halogens is 1. The monoisotopic (exact) mass is 263 g/mol. The zero-order chi connectivity index (χ0) is 13.8. The molecule has 1 unspecified atom stereocenters. The Hall–Kier alpha value is -1.71. The van der Waals surface area contributed by atoms with Crippen molar-refractivity contribution in [3.8, 4) is 0 Å². The van der Waals surface area contributed by atoms with E-state index in [1.54, 1.807) is 23.1 Å². The third kappa shape index (κ3) is 3.40. The molecular formula is C15H18FNO2. The predicted octanol–water partition coefficient (Wildman–Crippen LogP) is 2.20. The van der Waals surface area contributed by atoms with E-state index in [0.717, 1.165) is 12.8 Å². The third-order valence-electron chi connectivity index (χ3n) is 3.51. The van der Waals surface area contributed by atoms with E-state index in [9.17, 15) is 14.0 Å². The average Bonchev–Trinajstić information content (AvgIpc) is 2.38. The molecule has 4 heteroatoms. The van der Waals surface area contributed by atoms with E-state index in [0.29, 0.717) is 12.1 Å². The topological polar surface area (TPSA) is 37.4 Å². The van der Waals surface area contributed by atoms with Gasteiger partial charge in [-0.25, -0.2) is 4.39 Å². The Labute approximate surface area is 112 Å². The molecule has 19 heavy (non-hydrogen) atoms. The van der Waals surface area contributed by atoms with Crippen LogP contribution < -0.4 is 0 Å². The Morgan fingerprint density at radius 2 is 2.16 bits per heavy atom. The average molecular weight is 263 g/mol. The van der Waals surface area contributed by atoms with Gasteiger partial charge in [-0.1, -0.05) is 25.1 Å². The molecule has 1 amide bonds. The smallest absolute Gasteiger partial charge is 0.225 e. The van der Waals surface area contributed by atoms with Gasteiger partial charge >= 0.3 is 0 Å². The fraction of sp³-hybridized carbons (Fsp3) is 0.467. The van der Waals surface area contributed by atoms with Crippen LogP contribution in [0.5, 0.6) is 0 Å². The van der Waals surface area contributed by atoms with Gasteiger partial charge in [0.2, 0.25) is 5.91 Å². The van der Waals surface area contributed by atoms with Gasteiger partial charge in [0.15, 0.2) is 5.78 Å². The molecule has 0 aliphatic carbocycles. The molecule has 1 heterocycles. The maximum absolute atomic E-state index is 13.4. The Bertz CT molecular complexity index is 487. The van der Waals surface area contributed by atoms with E-state index >= 15 is 0 Å². The number of piperidine rings is 1. The molecule has 102 valence electrons. The second kappa shape index (κ2) is 5.95. The number of likely N-dealkylation sites (tertiary alicyclic amines) is 1. The second-order valence-corrected chi connectivity index (χ2v) is 5.11. The maximum Gasteiger partial charge on any atom is 0.225 e. The van der Waals surface area contributed by atoms with Crippen LogP contribution in [0.25, 0.3) is 0 Å². The van der Waals surface area contributed by atoms with Crippen molar-refractivity contribution < 1.29 is 14.0 Å². The van der Waals surface area contributed by atoms with Gasteiger partial charge in [0.05, 0.1) is 6.54 Å². The van der Waals surface area contributed by atoms with Crippen LogP contribution in [0.2, 0.25) is 0 Å². The van der Waals surface area contributed by atoms with Crippen LogP contribution in [0.1, 0.15) is 25.3 Å². The highest BCUT2D eigenvalue weighted by atomic mass is 19.1. The summed E-state index contributed by atoms with van der Waals surface area (Å²) in [6, 6.07) is 6.25. The van der Waals surface area contributed by atoms with E-state index < -0.39 is 0 Å². The number of carbonyl (C=O) groups excluding carboxylic acids is 2. The number of carbonyl (C=O) groups is 2. The lowest BCUT2D eigenvalue weighted by molar-refractivity contribution is -0.140. The molecule has 0 bridgehead atoms. The molecule has 1 fully saturated rings. The quantitative estimate of drug-likeness (QED) is 0.835. The van der Waals surface area contributed by atoms with E-state index in [1.807, 2.05) is 6.92 Å². The van der Waals surface area contributed by atoms with Crippen molar-refractivity contribution in [2.75, 3.05) is 13.1 Å². The van der Waals surface area contributed by atoms with Crippen LogP contribution in [0.15, 0.2) is 24.3 Å². The van der Waals surface area contributed by atoms with Crippen LogP contribution in [-0.4, -0.2) is 29.7 Å². The summed E-state index contributed by atoms with van der Waals surface area (Å²) in [6.45, 7) is 2.61. The first kappa shape index (κ1) is 13.7. The summed E-state index contributed by atoms with van der Waals surface area (Å²) >= 11 is 0. The maximum atomic E-state index is 13.4. The van der Waals surface area contributed by atoms with Crippen molar-refractivity contribution in [3.05, 3.63) is 35.6 Å². The second-order valence-electron chi connectivity index (χ2n) is 5.11. The molecule has 0 saturated carbocycles. The number of rotatable bonds is 4. The zero-order valence-electron chi connectivity index (χ0n) is 11.1. The van der Waals surface area contributed by atoms with Gasteiger partial charge in [-0.15, -0.1) is 0 Å². The summed E-state index contributed by atoms with van der Waals surface area (Å²) in [5, 5.41) is 0. The molecule has 0 radical (unpaired) electrons. The molecule has 1 aliphatic heterocycles. The van der Waals surface area contributed by atoms with Gasteiger partial charge in [0.25, 0.3) is 0 Å². The number of hydrogen-bond acceptors (Lipinski definition) is 2. The van der Waals surface area contributed by atoms with Crippen LogP contribution in [0.4, 0.5) is 4.39 Å². The number of ketones is 1. The first-order valence-electron chi connectivity index (χ1n) is 6.62. The van der Waals surface area contributed by atoms with Crippen molar-refractivity contribution >= 4 is 11.7 Å². The van der Waals surface area contributed by atoms with E-state index in [4.69, 9.17) is 0 Å². The van der Waals surface area contributed by atoms with Gasteiger partial charge in [-0.05, 0) is 24.5 Å². The summed E-state index contributed by atoms with van der Waals surface area (Å²) in [5.74, 6) is -0.454. The van der Waals surface area contributed by atoms with Crippen molar-refractivity contribution in [1.29, 1.82) is 0 Å². The lowest BCUT2D eigenvalue weighted by Gasteiger charge is -2.30. The summed E-state index contributed by atoms with van der Waals surface area (Å²) in [7, 11) is 0. The Kier molecular flexibility index (Phi) is 4.30. The molecule has 1 atom stereocenters. The Balaban J connectivity index is 1.94. The molecule has 1 saturated heterocycles. The summed E-state index contributed by atoms with van der Waals surface area (Å²) < 4.78 is 13.4. The number of nitrogens with zero attached hydrogens (tertiary/aromatic N) is 1. The summed E-state index contributed by atoms with van der Waals surface area (Å²) in [5.41, 5.74) is 0.394. The highest BCUT2D eigenvalue weighted by molar-refractivity contribution is 5.88. The van der Waals surface area contributed by atoms with Gasteiger partial charge in [-0.3, -0.25) is 9.59 Å². The minimum atomic E-state index is -0.366. The molecule has 0 N–H and O–H groups in total. The van der Waals surface area contributed by atoms with Gasteiger partial charge in [-0.2, -0.15) is 0 Å². The Morgan fingerprint density at radius 1 is 1.42 bits per heavy atom. The molecule has 0 aromatic heterocycles. The van der Waals surface area contributed by atoms with Gasteiger partial charge in [0.1, 0.15) is 5.82 Å². The number of Topliss-reactive ketones (excluding diaryl/α,β-unsaturated/α-hetero) is 1. The number of benzene rings is 1. The molecule has 0 spiro atoms. The van der Waals surface area contributed by atoms with E-state index in [2.05, 4.69) is 0 Å². The van der Waals surface area contributed by atoms with Crippen molar-refractivity contribution in [2.45, 2.75) is 26.2 Å². The van der Waals surface area contributed by atoms with Gasteiger partial charge in [0, 0.05) is 18.9 Å². The van der Waals surface area contributed by atoms with Crippen LogP contribution in [-0.2, 0) is 16.0 Å². The highest BCUT2D eigenvalue weighted by Crippen LogP contribution is 2.17. The normalized spacial score (nSPS) is 19.6. The first-order valence-corrected chi connectivity index (χ1v) is 6.62. The van der Waals surface area contributed by atoms with Crippen molar-refractivity contribution in [2.24, 2.45) is 5.92 Å². The standard InChI is InChI=1S/C15H18FNO2/c1-11-5-4-8-17(15(11)19)10-13(18)9-12-6-2-3-7-14(12)16/h2-3,6-7,11H,4-5,8-10H2,1H3. The lowest BCUT2D eigenvalue weighted by Crippen LogP contribution is -2.43. The lowest BCUT2D eigenvalue weighted by atomic mass is 9.98. The van der Waals surface area contributed by atoms with Crippen LogP contribution >= 0.6 is 0 Å². The summed E-state index contributed by atoms with van der Waals surface area (Å²) in [4.78, 5) is 25.4. The number of amides is 1. The van der Waals surface area contributed by atoms with Crippen LogP contribution in [0.3, 0.4) is 0 Å². The van der Waals surface area contributed by atoms with E-state index in [1.165, 1.54) is 6.07 Å². The molecule has 3 nitrogen and oxygen atoms in total. The third-order valence-corrected chi connectivity index (χ3v) is 3.51. The van der Waals surface area contributed by atoms with E-state index in [-0.39, 0.29) is 36.4 Å². The molecule has 2 rings (SSSR count). The zero-order valence-corrected chi connectivity index (χ0v) is 11.1. The molecule has 1 aromatic rings. The largest absolute Gasteiger partial charge is 0.335 e. The fourth-order valence-electron chi connectivity index (χ4n) is 2.41. The van der Waals surface area contributed by atoms with Crippen LogP contribution in [0, 0.1) is 11.7 Å². The van der Waals surface area contributed by atoms with Crippen molar-refractivity contribution in [1.82, 2.24) is 4.90 Å². The predicted molar refractivity (Wildman–Crippen MR) is 70.1 cm³/mol.